The summed E-state index contributed by atoms with van der Waals surface area (Å²) in [6, 6.07) is 71.6. The molecule has 0 aliphatic heterocycles. The number of fused-ring (bicyclic) bond motifs is 6. The van der Waals surface area contributed by atoms with Crippen LogP contribution in [0.2, 0.25) is 0 Å². The van der Waals surface area contributed by atoms with Crippen LogP contribution in [0.5, 0.6) is 0 Å². The van der Waals surface area contributed by atoms with Gasteiger partial charge < -0.3 is 9.32 Å². The Morgan fingerprint density at radius 1 is 0.327 bits per heavy atom. The third-order valence-corrected chi connectivity index (χ3v) is 10.3. The predicted molar refractivity (Wildman–Crippen MR) is 220 cm³/mol. The Labute approximate surface area is 302 Å². The van der Waals surface area contributed by atoms with Gasteiger partial charge in [0.25, 0.3) is 0 Å². The largest absolute Gasteiger partial charge is 0.453 e. The highest BCUT2D eigenvalue weighted by molar-refractivity contribution is 6.22. The molecule has 0 saturated heterocycles. The van der Waals surface area contributed by atoms with Crippen molar-refractivity contribution >= 4 is 60.5 Å². The van der Waals surface area contributed by atoms with Gasteiger partial charge in [-0.25, -0.2) is 0 Å². The first-order valence-electron chi connectivity index (χ1n) is 17.8. The number of furan rings is 1. The van der Waals surface area contributed by atoms with E-state index < -0.39 is 0 Å². The van der Waals surface area contributed by atoms with Crippen molar-refractivity contribution in [3.05, 3.63) is 200 Å². The zero-order valence-electron chi connectivity index (χ0n) is 28.4. The molecular formula is C50H33NO. The zero-order valence-corrected chi connectivity index (χ0v) is 28.4. The van der Waals surface area contributed by atoms with E-state index in [1.165, 1.54) is 33.0 Å². The summed E-state index contributed by atoms with van der Waals surface area (Å²) < 4.78 is 7.11. The number of rotatable bonds is 6. The highest BCUT2D eigenvalue weighted by Gasteiger charge is 2.23. The fourth-order valence-electron chi connectivity index (χ4n) is 7.66. The molecule has 244 valence electrons. The lowest BCUT2D eigenvalue weighted by molar-refractivity contribution is 0.673. The lowest BCUT2D eigenvalue weighted by Gasteiger charge is -2.26. The lowest BCUT2D eigenvalue weighted by Crippen LogP contribution is -2.10. The molecule has 0 spiro atoms. The molecule has 0 aliphatic rings. The van der Waals surface area contributed by atoms with Crippen molar-refractivity contribution in [1.82, 2.24) is 0 Å². The summed E-state index contributed by atoms with van der Waals surface area (Å²) in [4.78, 5) is 2.34. The molecule has 0 fully saturated rings. The second-order valence-electron chi connectivity index (χ2n) is 13.3. The molecule has 0 unspecified atom stereocenters. The van der Waals surface area contributed by atoms with Gasteiger partial charge in [-0.05, 0) is 85.9 Å². The van der Waals surface area contributed by atoms with E-state index in [0.717, 1.165) is 60.9 Å². The Morgan fingerprint density at radius 3 is 1.58 bits per heavy atom. The normalized spacial score (nSPS) is 11.5. The van der Waals surface area contributed by atoms with Gasteiger partial charge in [-0.2, -0.15) is 0 Å². The summed E-state index contributed by atoms with van der Waals surface area (Å²) in [5.41, 5.74) is 11.9. The number of benzene rings is 9. The third kappa shape index (κ3) is 5.12. The summed E-state index contributed by atoms with van der Waals surface area (Å²) >= 11 is 0. The molecule has 0 bridgehead atoms. The van der Waals surface area contributed by atoms with Crippen molar-refractivity contribution in [1.29, 1.82) is 0 Å². The van der Waals surface area contributed by atoms with Gasteiger partial charge in [0.05, 0.1) is 5.69 Å². The van der Waals surface area contributed by atoms with Crippen LogP contribution in [0, 0.1) is 0 Å². The summed E-state index contributed by atoms with van der Waals surface area (Å²) in [6.07, 6.45) is 0. The zero-order chi connectivity index (χ0) is 34.4. The molecule has 0 amide bonds. The monoisotopic (exact) mass is 663 g/mol. The second-order valence-corrected chi connectivity index (χ2v) is 13.3. The van der Waals surface area contributed by atoms with Crippen LogP contribution < -0.4 is 4.90 Å². The van der Waals surface area contributed by atoms with E-state index in [2.05, 4.69) is 205 Å². The quantitative estimate of drug-likeness (QED) is 0.176. The Hall–Kier alpha value is -6.90. The second kappa shape index (κ2) is 12.5. The van der Waals surface area contributed by atoms with E-state index in [1.807, 2.05) is 0 Å². The van der Waals surface area contributed by atoms with Crippen molar-refractivity contribution < 1.29 is 4.42 Å². The topological polar surface area (TPSA) is 16.4 Å². The van der Waals surface area contributed by atoms with E-state index in [-0.39, 0.29) is 0 Å². The molecule has 10 rings (SSSR count). The molecular weight excluding hydrogens is 631 g/mol. The Bertz CT molecular complexity index is 2870. The molecule has 0 atom stereocenters. The SMILES string of the molecule is c1ccc(-c2ccc(-c3ccc(N(c4ccc(-c5ccccc5)cc4)c4ccc5ccccc5c4)c4oc5c6ccccc6ccc5c34)cc2)cc1. The minimum absolute atomic E-state index is 0.858. The molecule has 10 aromatic rings. The first kappa shape index (κ1) is 30.0. The average molecular weight is 664 g/mol. The Balaban J connectivity index is 1.22. The molecule has 9 aromatic carbocycles. The number of hydrogen-bond acceptors (Lipinski definition) is 2. The summed E-state index contributed by atoms with van der Waals surface area (Å²) in [7, 11) is 0. The van der Waals surface area contributed by atoms with Crippen molar-refractivity contribution in [2.75, 3.05) is 4.90 Å². The first-order valence-corrected chi connectivity index (χ1v) is 17.8. The Morgan fingerprint density at radius 2 is 0.865 bits per heavy atom. The van der Waals surface area contributed by atoms with Gasteiger partial charge in [-0.15, -0.1) is 0 Å². The van der Waals surface area contributed by atoms with Crippen LogP contribution >= 0.6 is 0 Å². The van der Waals surface area contributed by atoms with Crippen LogP contribution in [0.4, 0.5) is 17.1 Å². The molecule has 1 heterocycles. The van der Waals surface area contributed by atoms with Gasteiger partial charge in [0, 0.05) is 27.5 Å². The highest BCUT2D eigenvalue weighted by atomic mass is 16.3. The maximum absolute atomic E-state index is 7.11. The van der Waals surface area contributed by atoms with E-state index in [9.17, 15) is 0 Å². The summed E-state index contributed by atoms with van der Waals surface area (Å²) in [5.74, 6) is 0. The maximum Gasteiger partial charge on any atom is 0.160 e. The Kier molecular flexibility index (Phi) is 7.18. The van der Waals surface area contributed by atoms with E-state index >= 15 is 0 Å². The van der Waals surface area contributed by atoms with Crippen molar-refractivity contribution in [2.24, 2.45) is 0 Å². The fourth-order valence-corrected chi connectivity index (χ4v) is 7.66. The van der Waals surface area contributed by atoms with Gasteiger partial charge >= 0.3 is 0 Å². The van der Waals surface area contributed by atoms with Crippen molar-refractivity contribution in [3.8, 4) is 33.4 Å². The molecule has 0 aliphatic carbocycles. The van der Waals surface area contributed by atoms with Crippen molar-refractivity contribution in [2.45, 2.75) is 0 Å². The number of hydrogen-bond donors (Lipinski definition) is 0. The first-order chi connectivity index (χ1) is 25.8. The maximum atomic E-state index is 7.11. The minimum Gasteiger partial charge on any atom is -0.453 e. The van der Waals surface area contributed by atoms with Crippen molar-refractivity contribution in [3.63, 3.8) is 0 Å². The van der Waals surface area contributed by atoms with Gasteiger partial charge in [-0.1, -0.05) is 164 Å². The van der Waals surface area contributed by atoms with Crippen LogP contribution in [-0.2, 0) is 0 Å². The molecule has 0 radical (unpaired) electrons. The summed E-state index contributed by atoms with van der Waals surface area (Å²) in [5, 5.41) is 6.88. The summed E-state index contributed by atoms with van der Waals surface area (Å²) in [6.45, 7) is 0. The molecule has 2 heteroatoms. The highest BCUT2D eigenvalue weighted by Crippen LogP contribution is 2.47. The van der Waals surface area contributed by atoms with Crippen LogP contribution in [-0.4, -0.2) is 0 Å². The average Bonchev–Trinajstić information content (AvgIpc) is 3.63. The molecule has 0 N–H and O–H groups in total. The van der Waals surface area contributed by atoms with Crippen LogP contribution in [0.1, 0.15) is 0 Å². The predicted octanol–water partition coefficient (Wildman–Crippen LogP) is 14.4. The third-order valence-electron chi connectivity index (χ3n) is 10.3. The van der Waals surface area contributed by atoms with Gasteiger partial charge in [0.15, 0.2) is 5.58 Å². The fraction of sp³-hybridized carbons (Fsp3) is 0. The van der Waals surface area contributed by atoms with E-state index in [4.69, 9.17) is 4.42 Å². The standard InChI is InChI=1S/C50H33NO/c1-3-11-34(12-4-1)37-19-21-40(22-20-37)44-31-32-47(50-48(44)46-30-26-39-16-9-10-18-45(39)49(46)52-50)51(43-29-25-36-15-7-8-17-41(36)33-43)42-27-23-38(24-28-42)35-13-5-2-6-14-35/h1-33H. The van der Waals surface area contributed by atoms with Crippen LogP contribution in [0.25, 0.3) is 76.9 Å². The number of nitrogens with zero attached hydrogens (tertiary/aromatic N) is 1. The number of anilines is 3. The molecule has 0 saturated carbocycles. The van der Waals surface area contributed by atoms with E-state index in [0.29, 0.717) is 0 Å². The van der Waals surface area contributed by atoms with Crippen LogP contribution in [0.3, 0.4) is 0 Å². The van der Waals surface area contributed by atoms with Crippen LogP contribution in [0.15, 0.2) is 205 Å². The van der Waals surface area contributed by atoms with Gasteiger partial charge in [0.2, 0.25) is 0 Å². The molecule has 52 heavy (non-hydrogen) atoms. The smallest absolute Gasteiger partial charge is 0.160 e. The van der Waals surface area contributed by atoms with E-state index in [1.54, 1.807) is 0 Å². The van der Waals surface area contributed by atoms with Gasteiger partial charge in [-0.3, -0.25) is 0 Å². The molecule has 2 nitrogen and oxygen atoms in total. The molecule has 1 aromatic heterocycles. The lowest BCUT2D eigenvalue weighted by atomic mass is 9.95. The minimum atomic E-state index is 0.858. The van der Waals surface area contributed by atoms with Gasteiger partial charge in [0.1, 0.15) is 5.58 Å².